The van der Waals surface area contributed by atoms with Crippen LogP contribution in [-0.2, 0) is 6.42 Å². The van der Waals surface area contributed by atoms with E-state index in [1.165, 1.54) is 55.0 Å². The minimum Gasteiger partial charge on any atom is -0.508 e. The second-order valence-electron chi connectivity index (χ2n) is 13.0. The topological polar surface area (TPSA) is 40.5 Å². The van der Waals surface area contributed by atoms with Gasteiger partial charge in [-0.15, -0.1) is 0 Å². The number of fused-ring (bicyclic) bond motifs is 5. The third kappa shape index (κ3) is 7.30. The van der Waals surface area contributed by atoms with Gasteiger partial charge in [0.05, 0.1) is 6.10 Å². The van der Waals surface area contributed by atoms with Crippen LogP contribution in [0.5, 0.6) is 5.75 Å². The van der Waals surface area contributed by atoms with Crippen LogP contribution in [-0.4, -0.2) is 39.9 Å². The molecule has 2 nitrogen and oxygen atoms in total. The molecule has 3 aliphatic rings. The maximum absolute atomic E-state index is 12.9. The maximum atomic E-state index is 12.9. The molecular weight excluding hydrogens is 543 g/mol. The highest BCUT2D eigenvalue weighted by molar-refractivity contribution is 7.99. The molecule has 2 saturated carbocycles. The van der Waals surface area contributed by atoms with Crippen molar-refractivity contribution >= 4 is 11.8 Å². The first kappa shape index (κ1) is 31.9. The molecule has 1 aromatic carbocycles. The summed E-state index contributed by atoms with van der Waals surface area (Å²) in [5.74, 6) is -0.754. The van der Waals surface area contributed by atoms with Crippen molar-refractivity contribution in [2.24, 2.45) is 23.2 Å². The third-order valence-electron chi connectivity index (χ3n) is 10.3. The molecular formula is C32H47F5O2S. The van der Waals surface area contributed by atoms with Crippen molar-refractivity contribution < 1.29 is 32.2 Å². The van der Waals surface area contributed by atoms with Crippen molar-refractivity contribution in [3.05, 3.63) is 29.3 Å². The molecule has 6 atom stereocenters. The number of thioether (sulfide) groups is 1. The summed E-state index contributed by atoms with van der Waals surface area (Å²) >= 11 is 1.47. The largest absolute Gasteiger partial charge is 0.508 e. The molecule has 3 aliphatic carbocycles. The van der Waals surface area contributed by atoms with Gasteiger partial charge in [0, 0.05) is 6.42 Å². The smallest absolute Gasteiger partial charge is 0.453 e. The summed E-state index contributed by atoms with van der Waals surface area (Å²) in [4.78, 5) is 0. The molecule has 228 valence electrons. The van der Waals surface area contributed by atoms with Crippen molar-refractivity contribution in [1.82, 2.24) is 0 Å². The fraction of sp³-hybridized carbons (Fsp3) is 0.812. The number of phenols is 1. The van der Waals surface area contributed by atoms with E-state index < -0.39 is 18.5 Å². The molecule has 8 heteroatoms. The first-order chi connectivity index (χ1) is 18.9. The van der Waals surface area contributed by atoms with Gasteiger partial charge in [-0.2, -0.15) is 33.7 Å². The Hall–Kier alpha value is -1.02. The van der Waals surface area contributed by atoms with E-state index in [0.717, 1.165) is 57.1 Å². The first-order valence-corrected chi connectivity index (χ1v) is 16.6. The summed E-state index contributed by atoms with van der Waals surface area (Å²) in [7, 11) is 0. The fourth-order valence-corrected chi connectivity index (χ4v) is 9.22. The van der Waals surface area contributed by atoms with E-state index in [1.54, 1.807) is 0 Å². The Morgan fingerprint density at radius 1 is 0.900 bits per heavy atom. The van der Waals surface area contributed by atoms with Gasteiger partial charge in [0.1, 0.15) is 5.75 Å². The number of hydrogen-bond acceptors (Lipinski definition) is 3. The zero-order valence-electron chi connectivity index (χ0n) is 23.8. The monoisotopic (exact) mass is 590 g/mol. The van der Waals surface area contributed by atoms with Crippen LogP contribution in [0.15, 0.2) is 18.2 Å². The number of aromatic hydroxyl groups is 1. The number of aliphatic hydroxyl groups is 1. The van der Waals surface area contributed by atoms with Gasteiger partial charge in [-0.25, -0.2) is 0 Å². The number of unbranched alkanes of at least 4 members (excludes halogenated alkanes) is 6. The van der Waals surface area contributed by atoms with Crippen LogP contribution < -0.4 is 0 Å². The lowest BCUT2D eigenvalue weighted by Gasteiger charge is -2.54. The van der Waals surface area contributed by atoms with Crippen LogP contribution >= 0.6 is 11.8 Å². The van der Waals surface area contributed by atoms with Gasteiger partial charge in [-0.1, -0.05) is 51.5 Å². The standard InChI is InChI=1S/C32H47F5O2S/c1-30-21-23(10-7-5-3-2-4-6-8-18-40-19-9-17-31(33,34)32(35,36)37)29-25-14-12-24(38)20-22(25)11-13-26(29)27(30)15-16-28(30)39/h12,14,20,23,26-29,38-39H,2-11,13,15-19,21H2,1H3/t23-,26-,27-,28-,29+,30-/m0/s1. The molecule has 2 fully saturated rings. The van der Waals surface area contributed by atoms with Crippen molar-refractivity contribution in [3.8, 4) is 5.75 Å². The number of rotatable bonds is 14. The average molecular weight is 591 g/mol. The zero-order valence-corrected chi connectivity index (χ0v) is 24.6. The van der Waals surface area contributed by atoms with Crippen molar-refractivity contribution in [1.29, 1.82) is 0 Å². The number of aryl methyl sites for hydroxylation is 1. The molecule has 4 rings (SSSR count). The Morgan fingerprint density at radius 2 is 1.57 bits per heavy atom. The molecule has 0 heterocycles. The highest BCUT2D eigenvalue weighted by atomic mass is 32.2. The molecule has 0 bridgehead atoms. The van der Waals surface area contributed by atoms with Crippen molar-refractivity contribution in [3.63, 3.8) is 0 Å². The summed E-state index contributed by atoms with van der Waals surface area (Å²) in [6.45, 7) is 2.33. The van der Waals surface area contributed by atoms with E-state index in [0.29, 0.717) is 35.2 Å². The van der Waals surface area contributed by atoms with E-state index in [9.17, 15) is 32.2 Å². The molecule has 0 radical (unpaired) electrons. The van der Waals surface area contributed by atoms with Gasteiger partial charge >= 0.3 is 12.1 Å². The van der Waals surface area contributed by atoms with Gasteiger partial charge in [0.25, 0.3) is 0 Å². The van der Waals surface area contributed by atoms with Crippen LogP contribution in [0, 0.1) is 23.2 Å². The second-order valence-corrected chi connectivity index (χ2v) is 14.2. The van der Waals surface area contributed by atoms with Gasteiger partial charge in [0.15, 0.2) is 0 Å². The summed E-state index contributed by atoms with van der Waals surface area (Å²) in [6, 6.07) is 5.98. The van der Waals surface area contributed by atoms with Crippen molar-refractivity contribution in [2.45, 2.75) is 127 Å². The highest BCUT2D eigenvalue weighted by Crippen LogP contribution is 2.63. The number of hydrogen-bond donors (Lipinski definition) is 2. The predicted molar refractivity (Wildman–Crippen MR) is 152 cm³/mol. The summed E-state index contributed by atoms with van der Waals surface area (Å²) in [5, 5.41) is 21.0. The van der Waals surface area contributed by atoms with Gasteiger partial charge < -0.3 is 10.2 Å². The van der Waals surface area contributed by atoms with Crippen LogP contribution in [0.2, 0.25) is 0 Å². The zero-order chi connectivity index (χ0) is 29.0. The molecule has 2 N–H and O–H groups in total. The minimum atomic E-state index is -5.44. The Kier molecular flexibility index (Phi) is 10.8. The molecule has 0 aromatic heterocycles. The Balaban J connectivity index is 1.14. The SMILES string of the molecule is C[C@]12C[C@H](CCCCCCCCCSCCCC(F)(F)C(F)(F)F)[C@@H]3c4ccc(O)cc4CC[C@H]3[C@@H]1CC[C@@H]2O. The van der Waals surface area contributed by atoms with Gasteiger partial charge in [-0.3, -0.25) is 0 Å². The van der Waals surface area contributed by atoms with Crippen molar-refractivity contribution in [2.75, 3.05) is 11.5 Å². The van der Waals surface area contributed by atoms with Gasteiger partial charge in [0.2, 0.25) is 0 Å². The minimum absolute atomic E-state index is 0.0253. The fourth-order valence-electron chi connectivity index (χ4n) is 8.26. The maximum Gasteiger partial charge on any atom is 0.453 e. The lowest BCUT2D eigenvalue weighted by Crippen LogP contribution is -2.47. The molecule has 0 aliphatic heterocycles. The summed E-state index contributed by atoms with van der Waals surface area (Å²) < 4.78 is 62.4. The highest BCUT2D eigenvalue weighted by Gasteiger charge is 2.57. The lowest BCUT2D eigenvalue weighted by atomic mass is 9.51. The number of aliphatic hydroxyl groups excluding tert-OH is 1. The predicted octanol–water partition coefficient (Wildman–Crippen LogP) is 9.67. The Morgan fingerprint density at radius 3 is 2.30 bits per heavy atom. The average Bonchev–Trinajstić information content (AvgIpc) is 3.19. The molecule has 0 spiro atoms. The Bertz CT molecular complexity index is 954. The number of benzene rings is 1. The molecule has 40 heavy (non-hydrogen) atoms. The van der Waals surface area contributed by atoms with Gasteiger partial charge in [-0.05, 0) is 115 Å². The van der Waals surface area contributed by atoms with Crippen LogP contribution in [0.4, 0.5) is 22.0 Å². The second kappa shape index (κ2) is 13.5. The lowest BCUT2D eigenvalue weighted by molar-refractivity contribution is -0.284. The Labute approximate surface area is 240 Å². The third-order valence-corrected chi connectivity index (χ3v) is 11.5. The van der Waals surface area contributed by atoms with E-state index >= 15 is 0 Å². The number of halogens is 5. The molecule has 0 unspecified atom stereocenters. The quantitative estimate of drug-likeness (QED) is 0.167. The summed E-state index contributed by atoms with van der Waals surface area (Å²) in [5.41, 5.74) is 2.78. The van der Waals surface area contributed by atoms with Crippen LogP contribution in [0.1, 0.15) is 114 Å². The normalized spacial score (nSPS) is 30.1. The van der Waals surface area contributed by atoms with Crippen LogP contribution in [0.25, 0.3) is 0 Å². The summed E-state index contributed by atoms with van der Waals surface area (Å²) in [6.07, 6.45) is 7.54. The molecule has 0 saturated heterocycles. The van der Waals surface area contributed by atoms with E-state index in [1.807, 2.05) is 12.1 Å². The number of phenolic OH excluding ortho intramolecular Hbond substituents is 1. The first-order valence-electron chi connectivity index (χ1n) is 15.5. The van der Waals surface area contributed by atoms with E-state index in [2.05, 4.69) is 13.0 Å². The molecule has 0 amide bonds. The molecule has 1 aromatic rings. The van der Waals surface area contributed by atoms with E-state index in [-0.39, 0.29) is 17.9 Å². The number of alkyl halides is 5. The van der Waals surface area contributed by atoms with Crippen LogP contribution in [0.3, 0.4) is 0 Å². The van der Waals surface area contributed by atoms with E-state index in [4.69, 9.17) is 0 Å².